The molecule has 1 fully saturated rings. The summed E-state index contributed by atoms with van der Waals surface area (Å²) in [5.74, 6) is -0.00913. The zero-order valence-electron chi connectivity index (χ0n) is 24.9. The molecular weight excluding hydrogens is 534 g/mol. The van der Waals surface area contributed by atoms with E-state index in [1.54, 1.807) is 21.1 Å². The number of imide groups is 1. The molecule has 3 amide bonds. The number of nitrogens with one attached hydrogen (secondary N) is 5. The monoisotopic (exact) mass is 575 g/mol. The number of aromatic nitrogens is 2. The van der Waals surface area contributed by atoms with Crippen molar-refractivity contribution in [1.29, 1.82) is 0 Å². The first-order chi connectivity index (χ1) is 20.1. The van der Waals surface area contributed by atoms with Crippen molar-refractivity contribution in [3.05, 3.63) is 59.9 Å². The third-order valence-corrected chi connectivity index (χ3v) is 7.77. The molecule has 11 heteroatoms. The number of anilines is 1. The van der Waals surface area contributed by atoms with Crippen LogP contribution in [0, 0.1) is 5.41 Å². The highest BCUT2D eigenvalue weighted by molar-refractivity contribution is 6.02. The van der Waals surface area contributed by atoms with Gasteiger partial charge in [-0.25, -0.2) is 9.97 Å². The molecule has 0 unspecified atom stereocenters. The van der Waals surface area contributed by atoms with Gasteiger partial charge in [-0.1, -0.05) is 44.2 Å². The fourth-order valence-corrected chi connectivity index (χ4v) is 5.18. The van der Waals surface area contributed by atoms with Crippen LogP contribution >= 0.6 is 0 Å². The van der Waals surface area contributed by atoms with E-state index in [2.05, 4.69) is 36.6 Å². The molecule has 11 nitrogen and oxygen atoms in total. The van der Waals surface area contributed by atoms with E-state index in [9.17, 15) is 14.4 Å². The Kier molecular flexibility index (Phi) is 10.1. The lowest BCUT2D eigenvalue weighted by molar-refractivity contribution is -0.137. The van der Waals surface area contributed by atoms with Gasteiger partial charge in [-0.15, -0.1) is 0 Å². The Hall–Kier alpha value is -4.09. The molecule has 224 valence electrons. The van der Waals surface area contributed by atoms with Gasteiger partial charge < -0.3 is 26.0 Å². The van der Waals surface area contributed by atoms with Crippen molar-refractivity contribution >= 4 is 34.4 Å². The maximum absolute atomic E-state index is 13.6. The number of methoxy groups -OCH3 is 1. The van der Waals surface area contributed by atoms with E-state index in [1.165, 1.54) is 6.33 Å². The maximum Gasteiger partial charge on any atom is 0.249 e. The lowest BCUT2D eigenvalue weighted by atomic mass is 9.77. The molecule has 0 aliphatic carbocycles. The highest BCUT2D eigenvalue weighted by Gasteiger charge is 2.39. The second-order valence-electron chi connectivity index (χ2n) is 11.4. The smallest absolute Gasteiger partial charge is 0.249 e. The van der Waals surface area contributed by atoms with Crippen molar-refractivity contribution in [3.8, 4) is 5.75 Å². The van der Waals surface area contributed by atoms with E-state index in [0.717, 1.165) is 29.5 Å². The Labute approximate surface area is 246 Å². The molecule has 0 spiro atoms. The molecule has 5 N–H and O–H groups in total. The van der Waals surface area contributed by atoms with E-state index in [-0.39, 0.29) is 11.8 Å². The maximum atomic E-state index is 13.6. The lowest BCUT2D eigenvalue weighted by Gasteiger charge is -2.35. The fraction of sp³-hybridized carbons (Fsp3) is 0.452. The first-order valence-electron chi connectivity index (χ1n) is 14.3. The van der Waals surface area contributed by atoms with Crippen LogP contribution in [-0.4, -0.2) is 66.5 Å². The lowest BCUT2D eigenvalue weighted by Crippen LogP contribution is -2.59. The molecule has 3 aromatic rings. The summed E-state index contributed by atoms with van der Waals surface area (Å²) in [5.41, 5.74) is 1.80. The van der Waals surface area contributed by atoms with E-state index >= 15 is 0 Å². The number of rotatable bonds is 12. The number of nitrogens with zero attached hydrogens (tertiary/aromatic N) is 2. The third kappa shape index (κ3) is 7.40. The Bertz CT molecular complexity index is 1410. The van der Waals surface area contributed by atoms with Gasteiger partial charge in [0.25, 0.3) is 0 Å². The number of benzene rings is 2. The SMILES string of the molecule is CN[C@@H](C)C(=O)N[C@H](C(=O)NC(=O)[C@@H]1CCCN1)C(C)(C)Cc1cc2c(NCc3ccccc3)ncnc2cc1OC. The number of hydrogen-bond donors (Lipinski definition) is 5. The Morgan fingerprint density at radius 3 is 2.55 bits per heavy atom. The Morgan fingerprint density at radius 2 is 1.88 bits per heavy atom. The summed E-state index contributed by atoms with van der Waals surface area (Å²) in [6.07, 6.45) is 3.38. The summed E-state index contributed by atoms with van der Waals surface area (Å²) < 4.78 is 5.74. The minimum Gasteiger partial charge on any atom is -0.496 e. The van der Waals surface area contributed by atoms with Crippen molar-refractivity contribution in [3.63, 3.8) is 0 Å². The number of fused-ring (bicyclic) bond motifs is 1. The van der Waals surface area contributed by atoms with E-state index in [4.69, 9.17) is 4.74 Å². The van der Waals surface area contributed by atoms with Crippen LogP contribution in [0.25, 0.3) is 10.9 Å². The third-order valence-electron chi connectivity index (χ3n) is 7.77. The molecular formula is C31H41N7O4. The largest absolute Gasteiger partial charge is 0.496 e. The predicted octanol–water partition coefficient (Wildman–Crippen LogP) is 2.31. The highest BCUT2D eigenvalue weighted by Crippen LogP contribution is 2.35. The second kappa shape index (κ2) is 13.7. The van der Waals surface area contributed by atoms with Crippen LogP contribution in [0.5, 0.6) is 5.75 Å². The summed E-state index contributed by atoms with van der Waals surface area (Å²) in [4.78, 5) is 48.3. The molecule has 1 aliphatic heterocycles. The van der Waals surface area contributed by atoms with Crippen LogP contribution in [0.4, 0.5) is 5.82 Å². The fourth-order valence-electron chi connectivity index (χ4n) is 5.18. The number of hydrogen-bond acceptors (Lipinski definition) is 9. The van der Waals surface area contributed by atoms with Gasteiger partial charge in [0.1, 0.15) is 23.9 Å². The molecule has 4 rings (SSSR count). The number of likely N-dealkylation sites (N-methyl/N-ethyl adjacent to an activating group) is 1. The second-order valence-corrected chi connectivity index (χ2v) is 11.4. The first kappa shape index (κ1) is 30.9. The molecule has 0 radical (unpaired) electrons. The van der Waals surface area contributed by atoms with Gasteiger partial charge in [0, 0.05) is 18.0 Å². The Balaban J connectivity index is 1.64. The topological polar surface area (TPSA) is 146 Å². The zero-order valence-corrected chi connectivity index (χ0v) is 24.9. The van der Waals surface area contributed by atoms with Gasteiger partial charge in [0.2, 0.25) is 17.7 Å². The van der Waals surface area contributed by atoms with Crippen LogP contribution in [0.1, 0.15) is 44.7 Å². The summed E-state index contributed by atoms with van der Waals surface area (Å²) in [6.45, 7) is 6.80. The summed E-state index contributed by atoms with van der Waals surface area (Å²) in [7, 11) is 3.26. The molecule has 1 aliphatic rings. The van der Waals surface area contributed by atoms with E-state index in [1.807, 2.05) is 56.3 Å². The van der Waals surface area contributed by atoms with Gasteiger partial charge in [-0.05, 0) is 62.4 Å². The van der Waals surface area contributed by atoms with E-state index < -0.39 is 29.4 Å². The molecule has 1 saturated heterocycles. The first-order valence-corrected chi connectivity index (χ1v) is 14.3. The summed E-state index contributed by atoms with van der Waals surface area (Å²) in [6, 6.07) is 11.9. The summed E-state index contributed by atoms with van der Waals surface area (Å²) in [5, 5.41) is 15.6. The molecule has 2 heterocycles. The molecule has 0 bridgehead atoms. The minimum atomic E-state index is -1.01. The zero-order chi connectivity index (χ0) is 30.3. The predicted molar refractivity (Wildman–Crippen MR) is 162 cm³/mol. The van der Waals surface area contributed by atoms with Gasteiger partial charge in [-0.2, -0.15) is 0 Å². The van der Waals surface area contributed by atoms with E-state index in [0.29, 0.717) is 36.5 Å². The number of carbonyl (C=O) groups excluding carboxylic acids is 3. The average molecular weight is 576 g/mol. The van der Waals surface area contributed by atoms with Crippen molar-refractivity contribution < 1.29 is 19.1 Å². The van der Waals surface area contributed by atoms with Crippen molar-refractivity contribution in [2.45, 2.75) is 64.7 Å². The Morgan fingerprint density at radius 1 is 1.12 bits per heavy atom. The number of ether oxygens (including phenoxy) is 1. The van der Waals surface area contributed by atoms with Gasteiger partial charge in [0.15, 0.2) is 0 Å². The molecule has 2 aromatic carbocycles. The van der Waals surface area contributed by atoms with Crippen molar-refractivity contribution in [2.24, 2.45) is 5.41 Å². The molecule has 1 aromatic heterocycles. The molecule has 42 heavy (non-hydrogen) atoms. The highest BCUT2D eigenvalue weighted by atomic mass is 16.5. The van der Waals surface area contributed by atoms with Crippen LogP contribution in [0.3, 0.4) is 0 Å². The molecule has 0 saturated carbocycles. The van der Waals surface area contributed by atoms with Crippen LogP contribution < -0.4 is 31.3 Å². The number of carbonyl (C=O) groups is 3. The van der Waals surface area contributed by atoms with Gasteiger partial charge >= 0.3 is 0 Å². The van der Waals surface area contributed by atoms with Crippen LogP contribution in [0.2, 0.25) is 0 Å². The van der Waals surface area contributed by atoms with Crippen molar-refractivity contribution in [1.82, 2.24) is 31.2 Å². The van der Waals surface area contributed by atoms with Crippen LogP contribution in [0.15, 0.2) is 48.8 Å². The number of amides is 3. The normalized spacial score (nSPS) is 16.5. The van der Waals surface area contributed by atoms with Gasteiger partial charge in [-0.3, -0.25) is 19.7 Å². The minimum absolute atomic E-state index is 0.344. The summed E-state index contributed by atoms with van der Waals surface area (Å²) >= 11 is 0. The molecule has 3 atom stereocenters. The standard InChI is InChI=1S/C31H41N7O4/c1-19(32-4)28(39)37-26(30(41)38-29(40)23-12-9-13-33-23)31(2,3)16-21-14-22-24(15-25(21)42-5)35-18-36-27(22)34-17-20-10-7-6-8-11-20/h6-8,10-11,14-15,18-19,23,26,32-33H,9,12-13,16-17H2,1-5H3,(H,37,39)(H,34,35,36)(H,38,40,41)/t19-,23-,26+/m0/s1. The quantitative estimate of drug-likeness (QED) is 0.220. The van der Waals surface area contributed by atoms with Gasteiger partial charge in [0.05, 0.1) is 24.7 Å². The average Bonchev–Trinajstić information content (AvgIpc) is 3.53. The van der Waals surface area contributed by atoms with Crippen molar-refractivity contribution in [2.75, 3.05) is 26.0 Å². The van der Waals surface area contributed by atoms with Crippen LogP contribution in [-0.2, 0) is 27.3 Å².